The average Bonchev–Trinajstić information content (AvgIpc) is 2.41. The zero-order valence-corrected chi connectivity index (χ0v) is 14.0. The van der Waals surface area contributed by atoms with E-state index in [1.807, 2.05) is 0 Å². The van der Waals surface area contributed by atoms with Crippen LogP contribution in [0.4, 0.5) is 0 Å². The van der Waals surface area contributed by atoms with Crippen LogP contribution in [0.15, 0.2) is 0 Å². The second-order valence-corrected chi connectivity index (χ2v) is 6.67. The molecule has 1 heterocycles. The SMILES string of the molecule is CC(C)CN(CCCOC1CCNCC1)CCN(C)C. The first-order chi connectivity index (χ1) is 9.58. The summed E-state index contributed by atoms with van der Waals surface area (Å²) in [6.45, 7) is 12.4. The molecular formula is C16H35N3O. The Hall–Kier alpha value is -0.160. The summed E-state index contributed by atoms with van der Waals surface area (Å²) in [7, 11) is 4.29. The lowest BCUT2D eigenvalue weighted by molar-refractivity contribution is 0.0271. The quantitative estimate of drug-likeness (QED) is 0.618. The summed E-state index contributed by atoms with van der Waals surface area (Å²) in [5.74, 6) is 0.738. The van der Waals surface area contributed by atoms with Crippen LogP contribution in [-0.2, 0) is 4.74 Å². The van der Waals surface area contributed by atoms with E-state index in [2.05, 4.69) is 43.1 Å². The summed E-state index contributed by atoms with van der Waals surface area (Å²) in [6, 6.07) is 0. The Bertz CT molecular complexity index is 228. The molecule has 0 aliphatic carbocycles. The predicted molar refractivity (Wildman–Crippen MR) is 86.3 cm³/mol. The number of rotatable bonds is 10. The summed E-state index contributed by atoms with van der Waals surface area (Å²) in [4.78, 5) is 4.84. The number of ether oxygens (including phenoxy) is 1. The zero-order valence-electron chi connectivity index (χ0n) is 14.0. The monoisotopic (exact) mass is 285 g/mol. The first kappa shape index (κ1) is 17.9. The van der Waals surface area contributed by atoms with E-state index in [-0.39, 0.29) is 0 Å². The van der Waals surface area contributed by atoms with Gasteiger partial charge >= 0.3 is 0 Å². The standard InChI is InChI=1S/C16H35N3O/c1-15(2)14-19(12-11-18(3)4)10-5-13-20-16-6-8-17-9-7-16/h15-17H,5-14H2,1-4H3. The average molecular weight is 285 g/mol. The topological polar surface area (TPSA) is 27.7 Å². The van der Waals surface area contributed by atoms with Crippen molar-refractivity contribution in [2.45, 2.75) is 39.2 Å². The van der Waals surface area contributed by atoms with Gasteiger partial charge in [0.1, 0.15) is 0 Å². The normalized spacial score (nSPS) is 17.6. The summed E-state index contributed by atoms with van der Waals surface area (Å²) < 4.78 is 5.99. The van der Waals surface area contributed by atoms with Crippen molar-refractivity contribution in [1.82, 2.24) is 15.1 Å². The Morgan fingerprint density at radius 1 is 1.10 bits per heavy atom. The van der Waals surface area contributed by atoms with E-state index >= 15 is 0 Å². The van der Waals surface area contributed by atoms with E-state index in [1.165, 1.54) is 25.9 Å². The maximum Gasteiger partial charge on any atom is 0.0599 e. The number of nitrogens with one attached hydrogen (secondary N) is 1. The smallest absolute Gasteiger partial charge is 0.0599 e. The second-order valence-electron chi connectivity index (χ2n) is 6.67. The first-order valence-corrected chi connectivity index (χ1v) is 8.27. The van der Waals surface area contributed by atoms with Gasteiger partial charge in [-0.15, -0.1) is 0 Å². The Labute approximate surface area is 125 Å². The Kier molecular flexibility index (Phi) is 9.44. The molecule has 1 saturated heterocycles. The molecule has 1 fully saturated rings. The van der Waals surface area contributed by atoms with Crippen molar-refractivity contribution in [3.8, 4) is 0 Å². The molecule has 1 N–H and O–H groups in total. The molecule has 0 unspecified atom stereocenters. The molecule has 120 valence electrons. The molecule has 20 heavy (non-hydrogen) atoms. The lowest BCUT2D eigenvalue weighted by atomic mass is 10.1. The first-order valence-electron chi connectivity index (χ1n) is 8.27. The van der Waals surface area contributed by atoms with Gasteiger partial charge in [0.2, 0.25) is 0 Å². The van der Waals surface area contributed by atoms with Gasteiger partial charge in [0.25, 0.3) is 0 Å². The van der Waals surface area contributed by atoms with Crippen LogP contribution in [0.3, 0.4) is 0 Å². The zero-order chi connectivity index (χ0) is 14.8. The van der Waals surface area contributed by atoms with Gasteiger partial charge in [0.15, 0.2) is 0 Å². The lowest BCUT2D eigenvalue weighted by Crippen LogP contribution is -2.36. The van der Waals surface area contributed by atoms with Crippen molar-refractivity contribution in [1.29, 1.82) is 0 Å². The van der Waals surface area contributed by atoms with Crippen molar-refractivity contribution in [3.63, 3.8) is 0 Å². The van der Waals surface area contributed by atoms with E-state index in [4.69, 9.17) is 4.74 Å². The molecule has 0 atom stereocenters. The maximum absolute atomic E-state index is 5.99. The van der Waals surface area contributed by atoms with Gasteiger partial charge in [-0.3, -0.25) is 0 Å². The number of nitrogens with zero attached hydrogens (tertiary/aromatic N) is 2. The number of piperidine rings is 1. The summed E-state index contributed by atoms with van der Waals surface area (Å²) in [5.41, 5.74) is 0. The van der Waals surface area contributed by atoms with Crippen LogP contribution in [0.25, 0.3) is 0 Å². The molecular weight excluding hydrogens is 250 g/mol. The molecule has 0 saturated carbocycles. The fourth-order valence-electron chi connectivity index (χ4n) is 2.65. The molecule has 0 spiro atoms. The number of hydrogen-bond donors (Lipinski definition) is 1. The Morgan fingerprint density at radius 3 is 2.40 bits per heavy atom. The molecule has 0 aromatic carbocycles. The third kappa shape index (κ3) is 8.90. The molecule has 0 aromatic heterocycles. The van der Waals surface area contributed by atoms with Crippen molar-refractivity contribution in [2.24, 2.45) is 5.92 Å². The van der Waals surface area contributed by atoms with Crippen LogP contribution in [-0.4, -0.2) is 75.9 Å². The number of hydrogen-bond acceptors (Lipinski definition) is 4. The van der Waals surface area contributed by atoms with Gasteiger partial charge in [0, 0.05) is 32.8 Å². The third-order valence-corrected chi connectivity index (χ3v) is 3.75. The molecule has 0 aromatic rings. The number of likely N-dealkylation sites (N-methyl/N-ethyl adjacent to an activating group) is 1. The van der Waals surface area contributed by atoms with Crippen molar-refractivity contribution >= 4 is 0 Å². The van der Waals surface area contributed by atoms with E-state index in [0.717, 1.165) is 45.1 Å². The summed E-state index contributed by atoms with van der Waals surface area (Å²) in [6.07, 6.45) is 4.01. The highest BCUT2D eigenvalue weighted by Gasteiger charge is 2.13. The lowest BCUT2D eigenvalue weighted by Gasteiger charge is -2.27. The van der Waals surface area contributed by atoms with Crippen LogP contribution >= 0.6 is 0 Å². The summed E-state index contributed by atoms with van der Waals surface area (Å²) >= 11 is 0. The van der Waals surface area contributed by atoms with Crippen LogP contribution in [0.1, 0.15) is 33.1 Å². The highest BCUT2D eigenvalue weighted by molar-refractivity contribution is 4.68. The minimum absolute atomic E-state index is 0.497. The van der Waals surface area contributed by atoms with Gasteiger partial charge in [0.05, 0.1) is 6.10 Å². The van der Waals surface area contributed by atoms with Gasteiger partial charge in [-0.1, -0.05) is 13.8 Å². The fourth-order valence-corrected chi connectivity index (χ4v) is 2.65. The van der Waals surface area contributed by atoms with E-state index in [0.29, 0.717) is 6.10 Å². The highest BCUT2D eigenvalue weighted by atomic mass is 16.5. The van der Waals surface area contributed by atoms with Crippen LogP contribution < -0.4 is 5.32 Å². The van der Waals surface area contributed by atoms with Crippen molar-refractivity contribution < 1.29 is 4.74 Å². The highest BCUT2D eigenvalue weighted by Crippen LogP contribution is 2.08. The summed E-state index contributed by atoms with van der Waals surface area (Å²) in [5, 5.41) is 3.38. The molecule has 1 aliphatic heterocycles. The van der Waals surface area contributed by atoms with E-state index < -0.39 is 0 Å². The predicted octanol–water partition coefficient (Wildman–Crippen LogP) is 1.66. The van der Waals surface area contributed by atoms with Crippen molar-refractivity contribution in [3.05, 3.63) is 0 Å². The molecule has 0 radical (unpaired) electrons. The molecule has 4 nitrogen and oxygen atoms in total. The third-order valence-electron chi connectivity index (χ3n) is 3.75. The minimum Gasteiger partial charge on any atom is -0.378 e. The van der Waals surface area contributed by atoms with Crippen molar-refractivity contribution in [2.75, 3.05) is 60.0 Å². The minimum atomic E-state index is 0.497. The van der Waals surface area contributed by atoms with Crippen LogP contribution in [0.5, 0.6) is 0 Å². The largest absolute Gasteiger partial charge is 0.378 e. The molecule has 1 aliphatic rings. The maximum atomic E-state index is 5.99. The van der Waals surface area contributed by atoms with Crippen LogP contribution in [0, 0.1) is 5.92 Å². The molecule has 1 rings (SSSR count). The second kappa shape index (κ2) is 10.6. The van der Waals surface area contributed by atoms with E-state index in [1.54, 1.807) is 0 Å². The Morgan fingerprint density at radius 2 is 1.80 bits per heavy atom. The molecule has 4 heteroatoms. The Balaban J connectivity index is 2.12. The van der Waals surface area contributed by atoms with Crippen LogP contribution in [0.2, 0.25) is 0 Å². The van der Waals surface area contributed by atoms with Gasteiger partial charge in [-0.2, -0.15) is 0 Å². The molecule has 0 amide bonds. The van der Waals surface area contributed by atoms with E-state index in [9.17, 15) is 0 Å². The van der Waals surface area contributed by atoms with Gasteiger partial charge in [-0.05, 0) is 52.4 Å². The van der Waals surface area contributed by atoms with Gasteiger partial charge < -0.3 is 19.9 Å². The molecule has 0 bridgehead atoms. The fraction of sp³-hybridized carbons (Fsp3) is 1.00. The van der Waals surface area contributed by atoms with Gasteiger partial charge in [-0.25, -0.2) is 0 Å².